The molecule has 7 rings (SSSR count). The summed E-state index contributed by atoms with van der Waals surface area (Å²) in [6, 6.07) is 26.3. The number of aryl methyl sites for hydroxylation is 1. The van der Waals surface area contributed by atoms with E-state index in [-0.39, 0.29) is 5.41 Å². The van der Waals surface area contributed by atoms with Crippen molar-refractivity contribution in [3.8, 4) is 11.1 Å². The van der Waals surface area contributed by atoms with Gasteiger partial charge in [-0.15, -0.1) is 0 Å². The van der Waals surface area contributed by atoms with E-state index >= 15 is 0 Å². The van der Waals surface area contributed by atoms with E-state index in [9.17, 15) is 0 Å². The average molecular weight is 418 g/mol. The summed E-state index contributed by atoms with van der Waals surface area (Å²) in [5.74, 6) is 0. The highest BCUT2D eigenvalue weighted by molar-refractivity contribution is 6.25. The number of rotatable bonds is 0. The van der Waals surface area contributed by atoms with Crippen LogP contribution >= 0.6 is 0 Å². The van der Waals surface area contributed by atoms with E-state index in [0.717, 1.165) is 11.2 Å². The normalized spacial score (nSPS) is 14.0. The fraction of sp³-hybridized carbons (Fsp3) is 0.200. The molecular weight excluding hydrogens is 390 g/mol. The van der Waals surface area contributed by atoms with E-state index in [0.29, 0.717) is 0 Å². The van der Waals surface area contributed by atoms with Crippen molar-refractivity contribution < 1.29 is 4.42 Å². The molecule has 0 saturated carbocycles. The Hall–Kier alpha value is -3.52. The van der Waals surface area contributed by atoms with Crippen molar-refractivity contribution in [1.82, 2.24) is 4.57 Å². The quantitative estimate of drug-likeness (QED) is 0.242. The number of fused-ring (bicyclic) bond motifs is 11. The first kappa shape index (κ1) is 19.2. The van der Waals surface area contributed by atoms with Crippen LogP contribution in [0.1, 0.15) is 38.8 Å². The van der Waals surface area contributed by atoms with E-state index in [1.54, 1.807) is 0 Å². The van der Waals surface area contributed by atoms with Crippen LogP contribution in [0.5, 0.6) is 0 Å². The standard InChI is InChI=1S/C28H21NO.C2H6/c1-28(2)20-10-6-4-9-18(20)24-21(28)14-12-19-25-22(29(3)26(19)24)15-13-17-16-8-5-7-11-23(16)30-27(17)25;1-2/h4-15H,1-3H3;1-2H3. The van der Waals surface area contributed by atoms with Crippen LogP contribution < -0.4 is 0 Å². The van der Waals surface area contributed by atoms with Gasteiger partial charge in [0.25, 0.3) is 0 Å². The van der Waals surface area contributed by atoms with Gasteiger partial charge < -0.3 is 8.98 Å². The van der Waals surface area contributed by atoms with Crippen molar-refractivity contribution in [2.45, 2.75) is 33.1 Å². The van der Waals surface area contributed by atoms with Gasteiger partial charge in [-0.2, -0.15) is 0 Å². The summed E-state index contributed by atoms with van der Waals surface area (Å²) in [4.78, 5) is 0. The Morgan fingerprint density at radius 1 is 0.719 bits per heavy atom. The minimum absolute atomic E-state index is 0.00521. The van der Waals surface area contributed by atoms with Crippen LogP contribution in [0.15, 0.2) is 77.2 Å². The Bertz CT molecular complexity index is 1680. The molecule has 0 unspecified atom stereocenters. The summed E-state index contributed by atoms with van der Waals surface area (Å²) in [5, 5.41) is 4.85. The van der Waals surface area contributed by atoms with Gasteiger partial charge in [-0.05, 0) is 34.9 Å². The SMILES string of the molecule is CC.Cn1c2ccc3c4ccccc4oc3c2c2ccc3c(c21)-c1ccccc1C3(C)C. The number of hydrogen-bond donors (Lipinski definition) is 0. The van der Waals surface area contributed by atoms with Gasteiger partial charge in [0, 0.05) is 34.2 Å². The van der Waals surface area contributed by atoms with Gasteiger partial charge in [0.1, 0.15) is 11.2 Å². The molecule has 6 aromatic rings. The summed E-state index contributed by atoms with van der Waals surface area (Å²) in [5.41, 5.74) is 10.0. The third kappa shape index (κ3) is 2.20. The summed E-state index contributed by atoms with van der Waals surface area (Å²) < 4.78 is 8.76. The van der Waals surface area contributed by atoms with Crippen LogP contribution in [0.4, 0.5) is 0 Å². The molecule has 0 saturated heterocycles. The third-order valence-corrected chi connectivity index (χ3v) is 7.21. The molecule has 158 valence electrons. The zero-order valence-corrected chi connectivity index (χ0v) is 19.3. The highest BCUT2D eigenvalue weighted by Crippen LogP contribution is 2.52. The minimum Gasteiger partial charge on any atom is -0.455 e. The molecule has 0 fully saturated rings. The van der Waals surface area contributed by atoms with Crippen LogP contribution in [0, 0.1) is 0 Å². The monoisotopic (exact) mass is 417 g/mol. The zero-order valence-electron chi connectivity index (χ0n) is 19.3. The molecule has 2 heterocycles. The molecule has 0 radical (unpaired) electrons. The lowest BCUT2D eigenvalue weighted by atomic mass is 9.82. The lowest BCUT2D eigenvalue weighted by Gasteiger charge is -2.21. The molecular formula is C30H27NO. The van der Waals surface area contributed by atoms with Gasteiger partial charge in [-0.1, -0.05) is 82.3 Å². The molecule has 1 aliphatic rings. The molecule has 0 aliphatic heterocycles. The predicted molar refractivity (Wildman–Crippen MR) is 137 cm³/mol. The molecule has 2 aromatic heterocycles. The molecule has 0 amide bonds. The highest BCUT2D eigenvalue weighted by atomic mass is 16.3. The third-order valence-electron chi connectivity index (χ3n) is 7.21. The van der Waals surface area contributed by atoms with Gasteiger partial charge in [-0.25, -0.2) is 0 Å². The van der Waals surface area contributed by atoms with Crippen molar-refractivity contribution in [1.29, 1.82) is 0 Å². The number of hydrogen-bond acceptors (Lipinski definition) is 1. The summed E-state index contributed by atoms with van der Waals surface area (Å²) in [7, 11) is 2.19. The van der Waals surface area contributed by atoms with Gasteiger partial charge in [0.05, 0.1) is 16.4 Å². The first-order valence-corrected chi connectivity index (χ1v) is 11.5. The number of para-hydroxylation sites is 1. The van der Waals surface area contributed by atoms with E-state index in [1.807, 2.05) is 19.9 Å². The van der Waals surface area contributed by atoms with Crippen LogP contribution in [-0.2, 0) is 12.5 Å². The molecule has 2 heteroatoms. The van der Waals surface area contributed by atoms with Crippen molar-refractivity contribution in [2.75, 3.05) is 0 Å². The van der Waals surface area contributed by atoms with Crippen molar-refractivity contribution in [3.05, 3.63) is 83.9 Å². The van der Waals surface area contributed by atoms with Gasteiger partial charge in [0.2, 0.25) is 0 Å². The fourth-order valence-corrected chi connectivity index (χ4v) is 5.76. The lowest BCUT2D eigenvalue weighted by molar-refractivity contribution is 0.660. The Morgan fingerprint density at radius 3 is 2.28 bits per heavy atom. The molecule has 32 heavy (non-hydrogen) atoms. The van der Waals surface area contributed by atoms with E-state index < -0.39 is 0 Å². The van der Waals surface area contributed by atoms with Gasteiger partial charge in [-0.3, -0.25) is 0 Å². The molecule has 0 atom stereocenters. The van der Waals surface area contributed by atoms with E-state index in [1.165, 1.54) is 54.8 Å². The number of benzene rings is 4. The van der Waals surface area contributed by atoms with Crippen molar-refractivity contribution in [2.24, 2.45) is 7.05 Å². The number of nitrogens with zero attached hydrogens (tertiary/aromatic N) is 1. The van der Waals surface area contributed by atoms with Crippen LogP contribution in [0.25, 0.3) is 54.9 Å². The minimum atomic E-state index is 0.00521. The Labute approximate surface area is 188 Å². The van der Waals surface area contributed by atoms with Crippen molar-refractivity contribution >= 4 is 43.7 Å². The first-order valence-electron chi connectivity index (χ1n) is 11.5. The second kappa shape index (κ2) is 6.49. The molecule has 0 N–H and O–H groups in total. The largest absolute Gasteiger partial charge is 0.455 e. The Morgan fingerprint density at radius 2 is 1.44 bits per heavy atom. The molecule has 0 bridgehead atoms. The smallest absolute Gasteiger partial charge is 0.145 e. The lowest BCUT2D eigenvalue weighted by Crippen LogP contribution is -2.14. The van der Waals surface area contributed by atoms with Crippen LogP contribution in [0.2, 0.25) is 0 Å². The van der Waals surface area contributed by atoms with Crippen LogP contribution in [0.3, 0.4) is 0 Å². The molecule has 4 aromatic carbocycles. The summed E-state index contributed by atoms with van der Waals surface area (Å²) in [6.07, 6.45) is 0. The van der Waals surface area contributed by atoms with Gasteiger partial charge >= 0.3 is 0 Å². The number of furan rings is 1. The second-order valence-electron chi connectivity index (χ2n) is 9.05. The van der Waals surface area contributed by atoms with Crippen molar-refractivity contribution in [3.63, 3.8) is 0 Å². The predicted octanol–water partition coefficient (Wildman–Crippen LogP) is 8.56. The highest BCUT2D eigenvalue weighted by Gasteiger charge is 2.37. The zero-order chi connectivity index (χ0) is 22.2. The summed E-state index contributed by atoms with van der Waals surface area (Å²) >= 11 is 0. The molecule has 2 nitrogen and oxygen atoms in total. The topological polar surface area (TPSA) is 18.1 Å². The Balaban J connectivity index is 0.000000953. The fourth-order valence-electron chi connectivity index (χ4n) is 5.76. The molecule has 1 aliphatic carbocycles. The number of aromatic nitrogens is 1. The average Bonchev–Trinajstić information content (AvgIpc) is 3.42. The molecule has 0 spiro atoms. The maximum atomic E-state index is 6.40. The summed E-state index contributed by atoms with van der Waals surface area (Å²) in [6.45, 7) is 8.67. The van der Waals surface area contributed by atoms with Crippen LogP contribution in [-0.4, -0.2) is 4.57 Å². The van der Waals surface area contributed by atoms with E-state index in [4.69, 9.17) is 4.42 Å². The first-order chi connectivity index (χ1) is 15.6. The maximum Gasteiger partial charge on any atom is 0.145 e. The second-order valence-corrected chi connectivity index (χ2v) is 9.05. The van der Waals surface area contributed by atoms with Gasteiger partial charge in [0.15, 0.2) is 0 Å². The maximum absolute atomic E-state index is 6.40. The Kier molecular flexibility index (Phi) is 3.89. The van der Waals surface area contributed by atoms with E-state index in [2.05, 4.69) is 92.2 Å².